The second kappa shape index (κ2) is 7.99. The number of hydrogen-bond acceptors (Lipinski definition) is 5. The standard InChI is InChI=1S/C24H30N4O2/c1-16-6-7-20-21(15-16)30-26-23(20)18-8-12-27(13-9-18)14-10-19-17(2)25-22-5-3-4-11-28(22)24(19)29/h6-7,15,18H,3-5,8-14H2,1-2H3/i2D3,5D2,8D2,9D2,10D2,12D2,13D2,14D2,15D. The van der Waals surface area contributed by atoms with E-state index in [-0.39, 0.29) is 36.4 Å². The van der Waals surface area contributed by atoms with Crippen LogP contribution in [-0.4, -0.2) is 39.1 Å². The fourth-order valence-electron chi connectivity index (χ4n) is 3.27. The predicted molar refractivity (Wildman–Crippen MR) is 117 cm³/mol. The third-order valence-electron chi connectivity index (χ3n) is 4.78. The lowest BCUT2D eigenvalue weighted by molar-refractivity contribution is 0.211. The smallest absolute Gasteiger partial charge is 0.256 e. The summed E-state index contributed by atoms with van der Waals surface area (Å²) in [7, 11) is 0. The van der Waals surface area contributed by atoms with Crippen molar-refractivity contribution in [3.05, 3.63) is 56.9 Å². The van der Waals surface area contributed by atoms with Crippen molar-refractivity contribution in [2.75, 3.05) is 19.5 Å². The van der Waals surface area contributed by atoms with Crippen LogP contribution in [0.4, 0.5) is 0 Å². The molecule has 0 spiro atoms. The third-order valence-corrected chi connectivity index (χ3v) is 4.78. The van der Waals surface area contributed by atoms with Crippen LogP contribution in [0.15, 0.2) is 27.5 Å². The highest BCUT2D eigenvalue weighted by Gasteiger charge is 2.25. The molecule has 0 N–H and O–H groups in total. The van der Waals surface area contributed by atoms with E-state index in [2.05, 4.69) is 10.1 Å². The fourth-order valence-corrected chi connectivity index (χ4v) is 3.27. The Bertz CT molecular complexity index is 1830. The molecule has 30 heavy (non-hydrogen) atoms. The van der Waals surface area contributed by atoms with Crippen LogP contribution in [0, 0.1) is 13.8 Å². The minimum atomic E-state index is -4.24. The van der Waals surface area contributed by atoms with Crippen molar-refractivity contribution < 1.29 is 29.2 Å². The van der Waals surface area contributed by atoms with E-state index in [0.717, 1.165) is 0 Å². The summed E-state index contributed by atoms with van der Waals surface area (Å²) in [5, 5.41) is 3.55. The Balaban J connectivity index is 1.77. The van der Waals surface area contributed by atoms with Crippen LogP contribution in [-0.2, 0) is 19.3 Å². The number of hydrogen-bond donors (Lipinski definition) is 0. The first-order valence-electron chi connectivity index (χ1n) is 18.3. The summed E-state index contributed by atoms with van der Waals surface area (Å²) < 4.78 is 161. The average molecular weight is 425 g/mol. The molecule has 2 aliphatic rings. The predicted octanol–water partition coefficient (Wildman–Crippen LogP) is 3.76. The Morgan fingerprint density at radius 2 is 2.23 bits per heavy atom. The van der Waals surface area contributed by atoms with Crippen LogP contribution < -0.4 is 5.56 Å². The number of benzene rings is 1. The molecule has 6 nitrogen and oxygen atoms in total. The maximum atomic E-state index is 13.8. The first kappa shape index (κ1) is 7.90. The molecule has 5 rings (SSSR count). The zero-order valence-electron chi connectivity index (χ0n) is 34.0. The van der Waals surface area contributed by atoms with Crippen molar-refractivity contribution in [2.24, 2.45) is 0 Å². The Hall–Kier alpha value is -2.47. The number of aryl methyl sites for hydroxylation is 3. The third kappa shape index (κ3) is 3.58. The van der Waals surface area contributed by atoms with Gasteiger partial charge in [0.05, 0.1) is 7.06 Å². The number of likely N-dealkylation sites (tertiary alicyclic amines) is 1. The normalized spacial score (nSPS) is 36.7. The van der Waals surface area contributed by atoms with Crippen LogP contribution in [0.5, 0.6) is 0 Å². The molecule has 0 radical (unpaired) electrons. The maximum Gasteiger partial charge on any atom is 0.256 e. The number of nitrogens with zero attached hydrogens (tertiary/aromatic N) is 4. The van der Waals surface area contributed by atoms with Gasteiger partial charge in [-0.2, -0.15) is 0 Å². The van der Waals surface area contributed by atoms with E-state index in [4.69, 9.17) is 29.2 Å². The lowest BCUT2D eigenvalue weighted by Gasteiger charge is -2.31. The van der Waals surface area contributed by atoms with Gasteiger partial charge >= 0.3 is 0 Å². The van der Waals surface area contributed by atoms with Crippen molar-refractivity contribution in [1.29, 1.82) is 0 Å². The van der Waals surface area contributed by atoms with Gasteiger partial charge in [-0.1, -0.05) is 11.2 Å². The Kier molecular flexibility index (Phi) is 2.10. The summed E-state index contributed by atoms with van der Waals surface area (Å²) in [4.78, 5) is 16.9. The minimum absolute atomic E-state index is 0.0288. The zero-order chi connectivity index (χ0) is 36.6. The molecule has 158 valence electrons. The van der Waals surface area contributed by atoms with Crippen LogP contribution in [0.3, 0.4) is 0 Å². The number of fused-ring (bicyclic) bond motifs is 2. The number of aromatic nitrogens is 3. The molecule has 3 aromatic rings. The summed E-state index contributed by atoms with van der Waals surface area (Å²) in [5.74, 6) is -3.15. The monoisotopic (exact) mass is 424 g/mol. The largest absolute Gasteiger partial charge is 0.356 e. The van der Waals surface area contributed by atoms with Gasteiger partial charge in [-0.3, -0.25) is 9.36 Å². The zero-order valence-corrected chi connectivity index (χ0v) is 16.0. The molecule has 0 amide bonds. The second-order valence-corrected chi connectivity index (χ2v) is 6.87. The quantitative estimate of drug-likeness (QED) is 0.638. The number of piperidine rings is 1. The minimum Gasteiger partial charge on any atom is -0.356 e. The molecule has 1 aromatic carbocycles. The van der Waals surface area contributed by atoms with Gasteiger partial charge in [0.1, 0.15) is 5.82 Å². The Labute approximate surface area is 202 Å². The molecule has 4 heterocycles. The summed E-state index contributed by atoms with van der Waals surface area (Å²) in [6.07, 6.45) is -13.8. The van der Waals surface area contributed by atoms with Gasteiger partial charge in [-0.15, -0.1) is 0 Å². The molecule has 6 heteroatoms. The summed E-state index contributed by atoms with van der Waals surface area (Å²) in [6, 6.07) is 2.50. The molecular formula is C24H30N4O2. The fraction of sp³-hybridized carbons (Fsp3) is 0.542. The van der Waals surface area contributed by atoms with Crippen LogP contribution >= 0.6 is 0 Å². The summed E-state index contributed by atoms with van der Waals surface area (Å²) in [5.41, 5.74) is -4.86. The SMILES string of the molecule is [2H]c1c(C)ccc2c(C3C([2H])([2H])C([2H])([2H])N(C([2H])([2H])C([2H])([2H])c4c(C([2H])([2H])[2H])nc5n(c4=O)CCCC5([2H])[2H])C([2H])([2H])C3([2H])[2H])noc12. The second-order valence-electron chi connectivity index (χ2n) is 6.87. The molecule has 1 saturated heterocycles. The van der Waals surface area contributed by atoms with E-state index in [1.807, 2.05) is 0 Å². The molecule has 0 unspecified atom stereocenters. The molecule has 0 saturated carbocycles. The lowest BCUT2D eigenvalue weighted by atomic mass is 9.91. The lowest BCUT2D eigenvalue weighted by Crippen LogP contribution is -2.37. The van der Waals surface area contributed by atoms with E-state index in [9.17, 15) is 4.79 Å². The van der Waals surface area contributed by atoms with Gasteiger partial charge in [0, 0.05) is 65.3 Å². The van der Waals surface area contributed by atoms with Gasteiger partial charge in [-0.05, 0) is 76.4 Å². The van der Waals surface area contributed by atoms with E-state index in [1.54, 1.807) is 6.92 Å². The highest BCUT2D eigenvalue weighted by Crippen LogP contribution is 2.32. The van der Waals surface area contributed by atoms with Gasteiger partial charge in [0.2, 0.25) is 0 Å². The van der Waals surface area contributed by atoms with E-state index >= 15 is 0 Å². The number of rotatable bonds is 4. The first-order chi connectivity index (χ1) is 21.5. The first-order valence-corrected chi connectivity index (χ1v) is 9.33. The summed E-state index contributed by atoms with van der Waals surface area (Å²) in [6.45, 7) is -14.4. The average Bonchev–Trinajstić information content (AvgIpc) is 3.32. The van der Waals surface area contributed by atoms with E-state index < -0.39 is 91.0 Å². The van der Waals surface area contributed by atoms with Crippen LogP contribution in [0.25, 0.3) is 11.0 Å². The van der Waals surface area contributed by atoms with Crippen molar-refractivity contribution in [2.45, 2.75) is 64.6 Å². The molecule has 0 aliphatic carbocycles. The summed E-state index contributed by atoms with van der Waals surface area (Å²) >= 11 is 0. The van der Waals surface area contributed by atoms with Gasteiger partial charge in [-0.25, -0.2) is 4.98 Å². The van der Waals surface area contributed by atoms with Gasteiger partial charge < -0.3 is 9.42 Å². The highest BCUT2D eigenvalue weighted by molar-refractivity contribution is 5.80. The maximum absolute atomic E-state index is 13.8. The molecule has 0 bridgehead atoms. The van der Waals surface area contributed by atoms with Crippen LogP contribution in [0.2, 0.25) is 0 Å². The molecule has 1 fully saturated rings. The van der Waals surface area contributed by atoms with E-state index in [1.165, 1.54) is 12.1 Å². The van der Waals surface area contributed by atoms with Crippen molar-refractivity contribution in [3.63, 3.8) is 0 Å². The Morgan fingerprint density at radius 1 is 1.37 bits per heavy atom. The molecule has 2 aliphatic heterocycles. The molecule has 0 atom stereocenters. The molecular weight excluding hydrogens is 376 g/mol. The van der Waals surface area contributed by atoms with E-state index in [0.29, 0.717) is 10.1 Å². The van der Waals surface area contributed by atoms with Crippen molar-refractivity contribution in [1.82, 2.24) is 19.6 Å². The van der Waals surface area contributed by atoms with Crippen molar-refractivity contribution >= 4 is 11.0 Å². The Morgan fingerprint density at radius 3 is 3.07 bits per heavy atom. The van der Waals surface area contributed by atoms with Gasteiger partial charge in [0.15, 0.2) is 5.58 Å². The van der Waals surface area contributed by atoms with Gasteiger partial charge in [0.25, 0.3) is 5.56 Å². The topological polar surface area (TPSA) is 64.2 Å². The molecule has 2 aromatic heterocycles. The van der Waals surface area contributed by atoms with Crippen LogP contribution in [0.1, 0.15) is 84.5 Å². The van der Waals surface area contributed by atoms with Crippen molar-refractivity contribution in [3.8, 4) is 0 Å². The highest BCUT2D eigenvalue weighted by atomic mass is 16.5.